The summed E-state index contributed by atoms with van der Waals surface area (Å²) < 4.78 is 8.78. The number of hydrogen-bond donors (Lipinski definition) is 2. The van der Waals surface area contributed by atoms with Crippen molar-refractivity contribution in [2.24, 2.45) is 5.73 Å². The van der Waals surface area contributed by atoms with Gasteiger partial charge in [0.25, 0.3) is 0 Å². The number of aliphatic hydroxyl groups is 1. The molecule has 0 saturated heterocycles. The molecule has 0 aromatic carbocycles. The molecule has 0 aliphatic carbocycles. The number of aliphatic hydroxyl groups excluding tert-OH is 1. The maximum atomic E-state index is 9.60. The topological polar surface area (TPSA) is 81.8 Å². The minimum Gasteiger partial charge on any atom is -0.450 e. The Balaban J connectivity index is 0. The van der Waals surface area contributed by atoms with Crippen molar-refractivity contribution in [3.63, 3.8) is 0 Å². The van der Waals surface area contributed by atoms with E-state index in [-0.39, 0.29) is 0 Å². The molecule has 74 valence electrons. The molecule has 0 aromatic rings. The van der Waals surface area contributed by atoms with E-state index in [0.29, 0.717) is 13.2 Å². The standard InChI is InChI=1S/C4H10O2.C3H7NO2/c1-3-6-4(2)5;1-2-6-3(4)5/h4-5H,3H2,1-2H3;2H2,1H3,(H2,4,5). The number of primary amides is 1. The summed E-state index contributed by atoms with van der Waals surface area (Å²) in [4.78, 5) is 9.60. The number of carbonyl (C=O) groups excluding carboxylic acids is 1. The van der Waals surface area contributed by atoms with Crippen LogP contribution >= 0.6 is 0 Å². The van der Waals surface area contributed by atoms with Gasteiger partial charge in [-0.3, -0.25) is 0 Å². The average Bonchev–Trinajstić information content (AvgIpc) is 1.87. The van der Waals surface area contributed by atoms with Gasteiger partial charge in [-0.2, -0.15) is 0 Å². The average molecular weight is 179 g/mol. The first-order chi connectivity index (χ1) is 5.54. The van der Waals surface area contributed by atoms with Crippen LogP contribution in [0.2, 0.25) is 0 Å². The highest BCUT2D eigenvalue weighted by Crippen LogP contribution is 1.78. The number of ether oxygens (including phenoxy) is 2. The number of amides is 1. The van der Waals surface area contributed by atoms with Crippen LogP contribution in [-0.2, 0) is 9.47 Å². The zero-order valence-electron chi connectivity index (χ0n) is 7.74. The van der Waals surface area contributed by atoms with Crippen LogP contribution in [0.4, 0.5) is 4.79 Å². The lowest BCUT2D eigenvalue weighted by molar-refractivity contribution is -0.0800. The van der Waals surface area contributed by atoms with Gasteiger partial charge in [0.2, 0.25) is 0 Å². The first kappa shape index (κ1) is 13.8. The fourth-order valence-corrected chi connectivity index (χ4v) is 0.383. The molecule has 3 N–H and O–H groups in total. The van der Waals surface area contributed by atoms with Crippen LogP contribution in [-0.4, -0.2) is 30.7 Å². The van der Waals surface area contributed by atoms with E-state index in [2.05, 4.69) is 15.2 Å². The predicted molar refractivity (Wildman–Crippen MR) is 44.5 cm³/mol. The second kappa shape index (κ2) is 10.2. The van der Waals surface area contributed by atoms with Crippen molar-refractivity contribution in [1.82, 2.24) is 0 Å². The van der Waals surface area contributed by atoms with Gasteiger partial charge in [0.05, 0.1) is 6.61 Å². The number of nitrogens with two attached hydrogens (primary N) is 1. The van der Waals surface area contributed by atoms with Crippen LogP contribution in [0.1, 0.15) is 20.8 Å². The van der Waals surface area contributed by atoms with Gasteiger partial charge in [-0.05, 0) is 20.8 Å². The second-order valence-electron chi connectivity index (χ2n) is 1.81. The summed E-state index contributed by atoms with van der Waals surface area (Å²) in [5.74, 6) is 0. The van der Waals surface area contributed by atoms with Crippen LogP contribution in [0.3, 0.4) is 0 Å². The lowest BCUT2D eigenvalue weighted by Crippen LogP contribution is -2.11. The maximum Gasteiger partial charge on any atom is 0.404 e. The van der Waals surface area contributed by atoms with Gasteiger partial charge >= 0.3 is 6.09 Å². The SMILES string of the molecule is CCOC(C)O.CCOC(N)=O. The molecule has 5 heteroatoms. The fourth-order valence-electron chi connectivity index (χ4n) is 0.383. The third-order valence-electron chi connectivity index (χ3n) is 0.694. The van der Waals surface area contributed by atoms with Crippen LogP contribution in [0.5, 0.6) is 0 Å². The normalized spacial score (nSPS) is 11.0. The molecule has 0 spiro atoms. The van der Waals surface area contributed by atoms with Gasteiger partial charge in [0.1, 0.15) is 0 Å². The highest BCUT2D eigenvalue weighted by Gasteiger charge is 1.85. The molecule has 5 nitrogen and oxygen atoms in total. The van der Waals surface area contributed by atoms with Crippen molar-refractivity contribution in [3.05, 3.63) is 0 Å². The zero-order chi connectivity index (χ0) is 9.98. The Labute approximate surface area is 72.5 Å². The van der Waals surface area contributed by atoms with E-state index in [4.69, 9.17) is 5.11 Å². The molecule has 0 heterocycles. The smallest absolute Gasteiger partial charge is 0.404 e. The molecule has 12 heavy (non-hydrogen) atoms. The molecule has 0 bridgehead atoms. The minimum absolute atomic E-state index is 0.356. The Morgan fingerprint density at radius 1 is 1.50 bits per heavy atom. The Bertz CT molecular complexity index is 106. The van der Waals surface area contributed by atoms with Crippen LogP contribution in [0, 0.1) is 0 Å². The van der Waals surface area contributed by atoms with Crippen molar-refractivity contribution in [1.29, 1.82) is 0 Å². The number of carbonyl (C=O) groups is 1. The third kappa shape index (κ3) is 22.9. The molecule has 0 aliphatic rings. The van der Waals surface area contributed by atoms with E-state index in [1.807, 2.05) is 6.92 Å². The van der Waals surface area contributed by atoms with E-state index in [1.54, 1.807) is 13.8 Å². The van der Waals surface area contributed by atoms with E-state index >= 15 is 0 Å². The largest absolute Gasteiger partial charge is 0.450 e. The second-order valence-corrected chi connectivity index (χ2v) is 1.81. The van der Waals surface area contributed by atoms with Crippen LogP contribution in [0.25, 0.3) is 0 Å². The Hall–Kier alpha value is -0.810. The van der Waals surface area contributed by atoms with Gasteiger partial charge in [-0.25, -0.2) is 4.79 Å². The summed E-state index contributed by atoms with van der Waals surface area (Å²) in [6.07, 6.45) is -1.31. The van der Waals surface area contributed by atoms with E-state index < -0.39 is 12.4 Å². The Kier molecular flexibility index (Phi) is 11.7. The molecule has 0 radical (unpaired) electrons. The lowest BCUT2D eigenvalue weighted by Gasteiger charge is -1.99. The first-order valence-corrected chi connectivity index (χ1v) is 3.76. The van der Waals surface area contributed by atoms with Crippen molar-refractivity contribution in [3.8, 4) is 0 Å². The van der Waals surface area contributed by atoms with Crippen molar-refractivity contribution >= 4 is 6.09 Å². The van der Waals surface area contributed by atoms with Gasteiger partial charge < -0.3 is 20.3 Å². The molecule has 0 rings (SSSR count). The monoisotopic (exact) mass is 179 g/mol. The van der Waals surface area contributed by atoms with E-state index in [1.165, 1.54) is 0 Å². The Morgan fingerprint density at radius 3 is 2.00 bits per heavy atom. The summed E-state index contributed by atoms with van der Waals surface area (Å²) >= 11 is 0. The minimum atomic E-state index is -0.711. The quantitative estimate of drug-likeness (QED) is 0.617. The van der Waals surface area contributed by atoms with Gasteiger partial charge in [-0.1, -0.05) is 0 Å². The van der Waals surface area contributed by atoms with Gasteiger partial charge in [0, 0.05) is 6.61 Å². The summed E-state index contributed by atoms with van der Waals surface area (Å²) in [6, 6.07) is 0. The lowest BCUT2D eigenvalue weighted by atomic mass is 10.7. The molecule has 0 fully saturated rings. The highest BCUT2D eigenvalue weighted by atomic mass is 16.6. The number of hydrogen-bond acceptors (Lipinski definition) is 4. The molecule has 1 atom stereocenters. The molecular weight excluding hydrogens is 162 g/mol. The molecular formula is C7H17NO4. The first-order valence-electron chi connectivity index (χ1n) is 3.76. The predicted octanol–water partition coefficient (Wildman–Crippen LogP) is 0.463. The Morgan fingerprint density at radius 2 is 2.00 bits per heavy atom. The fraction of sp³-hybridized carbons (Fsp3) is 0.857. The zero-order valence-corrected chi connectivity index (χ0v) is 7.74. The molecule has 1 unspecified atom stereocenters. The molecule has 0 aromatic heterocycles. The van der Waals surface area contributed by atoms with Crippen molar-refractivity contribution < 1.29 is 19.4 Å². The number of rotatable bonds is 3. The third-order valence-corrected chi connectivity index (χ3v) is 0.694. The maximum absolute atomic E-state index is 9.60. The summed E-state index contributed by atoms with van der Waals surface area (Å²) in [7, 11) is 0. The molecule has 0 saturated carbocycles. The van der Waals surface area contributed by atoms with Gasteiger partial charge in [-0.15, -0.1) is 0 Å². The van der Waals surface area contributed by atoms with E-state index in [0.717, 1.165) is 0 Å². The summed E-state index contributed by atoms with van der Waals surface area (Å²) in [5, 5.41) is 8.33. The molecule has 0 aliphatic heterocycles. The van der Waals surface area contributed by atoms with Gasteiger partial charge in [0.15, 0.2) is 6.29 Å². The summed E-state index contributed by atoms with van der Waals surface area (Å²) in [5.41, 5.74) is 4.54. The van der Waals surface area contributed by atoms with Crippen LogP contribution < -0.4 is 5.73 Å². The summed E-state index contributed by atoms with van der Waals surface area (Å²) in [6.45, 7) is 6.06. The highest BCUT2D eigenvalue weighted by molar-refractivity contribution is 5.64. The van der Waals surface area contributed by atoms with Crippen molar-refractivity contribution in [2.45, 2.75) is 27.1 Å². The molecule has 1 amide bonds. The van der Waals surface area contributed by atoms with Crippen LogP contribution in [0.15, 0.2) is 0 Å². The van der Waals surface area contributed by atoms with Crippen molar-refractivity contribution in [2.75, 3.05) is 13.2 Å². The van der Waals surface area contributed by atoms with E-state index in [9.17, 15) is 4.79 Å².